The fraction of sp³-hybridized carbons (Fsp3) is 0.500. The van der Waals surface area contributed by atoms with Crippen LogP contribution in [0.3, 0.4) is 0 Å². The SMILES string of the molecule is Cc1ccc(S(=O)(=O)N[C@H]2CS(=O)(=O)C[C@H]2Cl)cc1C. The van der Waals surface area contributed by atoms with Crippen molar-refractivity contribution in [2.45, 2.75) is 30.2 Å². The number of halogens is 1. The number of aryl methyl sites for hydroxylation is 2. The van der Waals surface area contributed by atoms with Crippen LogP contribution in [0, 0.1) is 13.8 Å². The first-order valence-electron chi connectivity index (χ1n) is 6.05. The van der Waals surface area contributed by atoms with E-state index in [9.17, 15) is 16.8 Å². The Morgan fingerprint density at radius 1 is 1.20 bits per heavy atom. The van der Waals surface area contributed by atoms with Gasteiger partial charge in [-0.15, -0.1) is 11.6 Å². The maximum Gasteiger partial charge on any atom is 0.240 e. The van der Waals surface area contributed by atoms with Gasteiger partial charge in [-0.2, -0.15) is 0 Å². The van der Waals surface area contributed by atoms with Gasteiger partial charge in [0, 0.05) is 0 Å². The Morgan fingerprint density at radius 2 is 1.85 bits per heavy atom. The van der Waals surface area contributed by atoms with Crippen LogP contribution in [0.1, 0.15) is 11.1 Å². The summed E-state index contributed by atoms with van der Waals surface area (Å²) in [7, 11) is -7.04. The van der Waals surface area contributed by atoms with E-state index in [1.54, 1.807) is 12.1 Å². The molecule has 1 fully saturated rings. The van der Waals surface area contributed by atoms with E-state index in [2.05, 4.69) is 4.72 Å². The third-order valence-electron chi connectivity index (χ3n) is 3.38. The van der Waals surface area contributed by atoms with Crippen molar-refractivity contribution in [3.8, 4) is 0 Å². The van der Waals surface area contributed by atoms with E-state index in [4.69, 9.17) is 11.6 Å². The maximum atomic E-state index is 12.2. The van der Waals surface area contributed by atoms with E-state index in [0.717, 1.165) is 11.1 Å². The Hall–Kier alpha value is -0.630. The van der Waals surface area contributed by atoms with Gasteiger partial charge in [0.2, 0.25) is 10.0 Å². The van der Waals surface area contributed by atoms with Crippen LogP contribution in [0.25, 0.3) is 0 Å². The van der Waals surface area contributed by atoms with Gasteiger partial charge in [-0.05, 0) is 37.1 Å². The summed E-state index contributed by atoms with van der Waals surface area (Å²) in [6.07, 6.45) is 0. The van der Waals surface area contributed by atoms with E-state index in [1.165, 1.54) is 6.07 Å². The van der Waals surface area contributed by atoms with Gasteiger partial charge >= 0.3 is 0 Å². The molecule has 0 spiro atoms. The lowest BCUT2D eigenvalue weighted by Gasteiger charge is -2.15. The van der Waals surface area contributed by atoms with Crippen molar-refractivity contribution in [1.29, 1.82) is 0 Å². The highest BCUT2D eigenvalue weighted by molar-refractivity contribution is 7.92. The van der Waals surface area contributed by atoms with E-state index >= 15 is 0 Å². The zero-order valence-corrected chi connectivity index (χ0v) is 13.5. The molecule has 1 N–H and O–H groups in total. The van der Waals surface area contributed by atoms with Crippen LogP contribution in [0.2, 0.25) is 0 Å². The zero-order chi connectivity index (χ0) is 15.1. The second-order valence-electron chi connectivity index (χ2n) is 5.07. The molecule has 1 aliphatic rings. The molecule has 1 aliphatic heterocycles. The van der Waals surface area contributed by atoms with Gasteiger partial charge in [-0.1, -0.05) is 6.07 Å². The van der Waals surface area contributed by atoms with E-state index in [-0.39, 0.29) is 16.4 Å². The first-order chi connectivity index (χ1) is 9.11. The van der Waals surface area contributed by atoms with Gasteiger partial charge in [0.25, 0.3) is 0 Å². The average Bonchev–Trinajstić information content (AvgIpc) is 2.54. The smallest absolute Gasteiger partial charge is 0.229 e. The van der Waals surface area contributed by atoms with Crippen LogP contribution in [0.5, 0.6) is 0 Å². The van der Waals surface area contributed by atoms with Crippen LogP contribution in [-0.4, -0.2) is 39.8 Å². The molecular formula is C12H16ClNO4S2. The summed E-state index contributed by atoms with van der Waals surface area (Å²) in [5, 5.41) is -0.735. The minimum atomic E-state index is -3.76. The summed E-state index contributed by atoms with van der Waals surface area (Å²) in [5.41, 5.74) is 1.84. The largest absolute Gasteiger partial charge is 0.240 e. The third-order valence-corrected chi connectivity index (χ3v) is 7.24. The van der Waals surface area contributed by atoms with Gasteiger partial charge < -0.3 is 0 Å². The van der Waals surface area contributed by atoms with Crippen LogP contribution < -0.4 is 4.72 Å². The Labute approximate surface area is 124 Å². The fourth-order valence-corrected chi connectivity index (χ4v) is 6.15. The highest BCUT2D eigenvalue weighted by atomic mass is 35.5. The predicted octanol–water partition coefficient (Wildman–Crippen LogP) is 0.986. The molecule has 0 radical (unpaired) electrons. The van der Waals surface area contributed by atoms with Gasteiger partial charge in [-0.25, -0.2) is 21.6 Å². The number of sulfone groups is 1. The summed E-state index contributed by atoms with van der Waals surface area (Å²) in [6.45, 7) is 3.70. The summed E-state index contributed by atoms with van der Waals surface area (Å²) in [4.78, 5) is 0.119. The Morgan fingerprint density at radius 3 is 2.35 bits per heavy atom. The first-order valence-corrected chi connectivity index (χ1v) is 9.79. The molecule has 2 rings (SSSR count). The van der Waals surface area contributed by atoms with Crippen molar-refractivity contribution in [2.75, 3.05) is 11.5 Å². The fourth-order valence-electron chi connectivity index (χ4n) is 2.06. The van der Waals surface area contributed by atoms with E-state index in [0.29, 0.717) is 0 Å². The van der Waals surface area contributed by atoms with Crippen LogP contribution >= 0.6 is 11.6 Å². The molecule has 20 heavy (non-hydrogen) atoms. The lowest BCUT2D eigenvalue weighted by Crippen LogP contribution is -2.40. The Kier molecular flexibility index (Phi) is 4.17. The number of hydrogen-bond acceptors (Lipinski definition) is 4. The molecule has 2 atom stereocenters. The maximum absolute atomic E-state index is 12.2. The molecule has 0 saturated carbocycles. The number of sulfonamides is 1. The monoisotopic (exact) mass is 337 g/mol. The number of alkyl halides is 1. The number of benzene rings is 1. The zero-order valence-electron chi connectivity index (χ0n) is 11.1. The third kappa shape index (κ3) is 3.33. The second-order valence-corrected chi connectivity index (χ2v) is 9.50. The number of rotatable bonds is 3. The van der Waals surface area contributed by atoms with Gasteiger partial charge in [0.15, 0.2) is 9.84 Å². The molecule has 1 heterocycles. The van der Waals surface area contributed by atoms with Crippen LogP contribution in [-0.2, 0) is 19.9 Å². The second kappa shape index (κ2) is 5.29. The molecule has 0 aliphatic carbocycles. The van der Waals surface area contributed by atoms with Crippen molar-refractivity contribution in [3.05, 3.63) is 29.3 Å². The molecule has 0 unspecified atom stereocenters. The summed E-state index contributed by atoms with van der Waals surface area (Å²) in [6, 6.07) is 3.99. The number of hydrogen-bond donors (Lipinski definition) is 1. The minimum Gasteiger partial charge on any atom is -0.229 e. The summed E-state index contributed by atoms with van der Waals surface area (Å²) >= 11 is 5.91. The minimum absolute atomic E-state index is 0.119. The van der Waals surface area contributed by atoms with Crippen molar-refractivity contribution < 1.29 is 16.8 Å². The van der Waals surface area contributed by atoms with Crippen LogP contribution in [0.15, 0.2) is 23.1 Å². The van der Waals surface area contributed by atoms with Crippen molar-refractivity contribution in [1.82, 2.24) is 4.72 Å². The van der Waals surface area contributed by atoms with Gasteiger partial charge in [-0.3, -0.25) is 0 Å². The molecule has 112 valence electrons. The standard InChI is InChI=1S/C12H16ClNO4S2/c1-8-3-4-10(5-9(8)2)20(17,18)14-12-7-19(15,16)6-11(12)13/h3-5,11-12,14H,6-7H2,1-2H3/t11-,12+/m1/s1. The van der Waals surface area contributed by atoms with E-state index < -0.39 is 31.3 Å². The Bertz CT molecular complexity index is 728. The summed E-state index contributed by atoms with van der Waals surface area (Å²) < 4.78 is 49.8. The molecule has 8 heteroatoms. The molecule has 1 aromatic carbocycles. The molecule has 1 saturated heterocycles. The van der Waals surface area contributed by atoms with E-state index in [1.807, 2.05) is 13.8 Å². The molecule has 0 aromatic heterocycles. The number of nitrogens with one attached hydrogen (secondary N) is 1. The highest BCUT2D eigenvalue weighted by Gasteiger charge is 2.38. The van der Waals surface area contributed by atoms with Gasteiger partial charge in [0.05, 0.1) is 27.8 Å². The highest BCUT2D eigenvalue weighted by Crippen LogP contribution is 2.21. The lowest BCUT2D eigenvalue weighted by atomic mass is 10.1. The topological polar surface area (TPSA) is 80.3 Å². The van der Waals surface area contributed by atoms with Crippen molar-refractivity contribution in [3.63, 3.8) is 0 Å². The quantitative estimate of drug-likeness (QED) is 0.834. The van der Waals surface area contributed by atoms with Gasteiger partial charge in [0.1, 0.15) is 0 Å². The Balaban J connectivity index is 2.26. The lowest BCUT2D eigenvalue weighted by molar-refractivity contribution is 0.563. The summed E-state index contributed by atoms with van der Waals surface area (Å²) in [5.74, 6) is -0.458. The normalized spacial score (nSPS) is 25.8. The molecular weight excluding hydrogens is 322 g/mol. The molecule has 0 amide bonds. The first kappa shape index (κ1) is 15.8. The van der Waals surface area contributed by atoms with Crippen LogP contribution in [0.4, 0.5) is 0 Å². The molecule has 0 bridgehead atoms. The average molecular weight is 338 g/mol. The van der Waals surface area contributed by atoms with Crippen molar-refractivity contribution in [2.24, 2.45) is 0 Å². The van der Waals surface area contributed by atoms with Crippen molar-refractivity contribution >= 4 is 31.5 Å². The molecule has 5 nitrogen and oxygen atoms in total. The predicted molar refractivity (Wildman–Crippen MR) is 78.3 cm³/mol. The molecule has 1 aromatic rings.